The van der Waals surface area contributed by atoms with E-state index < -0.39 is 15.6 Å². The van der Waals surface area contributed by atoms with Gasteiger partial charge in [-0.15, -0.1) is 0 Å². The van der Waals surface area contributed by atoms with Crippen molar-refractivity contribution in [2.75, 3.05) is 19.6 Å². The molecule has 134 valence electrons. The fourth-order valence-electron chi connectivity index (χ4n) is 4.54. The van der Waals surface area contributed by atoms with Gasteiger partial charge in [-0.1, -0.05) is 25.1 Å². The lowest BCUT2D eigenvalue weighted by atomic mass is 9.88. The normalized spacial score (nSPS) is 32.1. The highest BCUT2D eigenvalue weighted by Gasteiger charge is 2.59. The number of sulfonamides is 1. The van der Waals surface area contributed by atoms with Crippen molar-refractivity contribution in [2.45, 2.75) is 49.5 Å². The van der Waals surface area contributed by atoms with Gasteiger partial charge in [-0.3, -0.25) is 4.79 Å². The lowest BCUT2D eigenvalue weighted by molar-refractivity contribution is -0.135. The number of nitrogens with zero attached hydrogens (tertiary/aromatic N) is 2. The molecule has 2 aliphatic carbocycles. The molecular formula is C19H24N2O3S. The van der Waals surface area contributed by atoms with E-state index in [0.29, 0.717) is 36.9 Å². The van der Waals surface area contributed by atoms with Crippen LogP contribution in [0.4, 0.5) is 0 Å². The van der Waals surface area contributed by atoms with Crippen molar-refractivity contribution in [3.8, 4) is 0 Å². The number of carbonyl (C=O) groups excluding carboxylic acids is 1. The third-order valence-corrected chi connectivity index (χ3v) is 8.60. The molecule has 4 aliphatic rings. The van der Waals surface area contributed by atoms with E-state index in [2.05, 4.69) is 0 Å². The molecule has 1 spiro atoms. The van der Waals surface area contributed by atoms with Crippen molar-refractivity contribution in [2.24, 2.45) is 11.3 Å². The van der Waals surface area contributed by atoms with Gasteiger partial charge < -0.3 is 4.90 Å². The van der Waals surface area contributed by atoms with Gasteiger partial charge in [0, 0.05) is 25.0 Å². The molecule has 0 bridgehead atoms. The zero-order valence-electron chi connectivity index (χ0n) is 14.6. The average Bonchev–Trinajstić information content (AvgIpc) is 3.51. The number of rotatable bonds is 3. The van der Waals surface area contributed by atoms with Gasteiger partial charge in [0.1, 0.15) is 0 Å². The Balaban J connectivity index is 1.56. The minimum atomic E-state index is -3.47. The Labute approximate surface area is 149 Å². The molecule has 2 saturated carbocycles. The second-order valence-corrected chi connectivity index (χ2v) is 10.4. The third-order valence-electron chi connectivity index (χ3n) is 6.61. The first kappa shape index (κ1) is 15.8. The lowest BCUT2D eigenvalue weighted by Crippen LogP contribution is -2.48. The molecule has 3 fully saturated rings. The zero-order valence-corrected chi connectivity index (χ0v) is 15.4. The summed E-state index contributed by atoms with van der Waals surface area (Å²) in [6.07, 6.45) is 4.84. The number of amides is 1. The first-order valence-corrected chi connectivity index (χ1v) is 10.7. The van der Waals surface area contributed by atoms with E-state index in [-0.39, 0.29) is 11.3 Å². The molecule has 6 heteroatoms. The average molecular weight is 360 g/mol. The largest absolute Gasteiger partial charge is 0.340 e. The number of benzene rings is 1. The molecule has 1 aromatic rings. The maximum Gasteiger partial charge on any atom is 0.244 e. The second kappa shape index (κ2) is 4.86. The molecule has 1 aromatic carbocycles. The number of likely N-dealkylation sites (tertiary alicyclic amines) is 1. The Morgan fingerprint density at radius 3 is 2.60 bits per heavy atom. The highest BCUT2D eigenvalue weighted by atomic mass is 32.2. The van der Waals surface area contributed by atoms with Crippen LogP contribution in [0.2, 0.25) is 0 Å². The summed E-state index contributed by atoms with van der Waals surface area (Å²) in [5.41, 5.74) is 0.134. The van der Waals surface area contributed by atoms with Crippen LogP contribution in [-0.2, 0) is 20.4 Å². The van der Waals surface area contributed by atoms with Crippen molar-refractivity contribution in [1.29, 1.82) is 0 Å². The standard InChI is InChI=1S/C19H24N2O3S/c1-18(8-9-18)17(22)20-11-10-19(13-20)15-4-2-3-5-16(15)25(23,24)21(19)12-14-6-7-14/h2-5,14H,6-13H2,1H3/t19-/m1/s1. The number of hydrogen-bond donors (Lipinski definition) is 0. The topological polar surface area (TPSA) is 57.7 Å². The summed E-state index contributed by atoms with van der Waals surface area (Å²) in [5.74, 6) is 0.684. The van der Waals surface area contributed by atoms with E-state index in [1.807, 2.05) is 24.0 Å². The molecule has 1 atom stereocenters. The number of hydrogen-bond acceptors (Lipinski definition) is 3. The van der Waals surface area contributed by atoms with E-state index >= 15 is 0 Å². The quantitative estimate of drug-likeness (QED) is 0.831. The Kier molecular flexibility index (Phi) is 3.07. The molecule has 25 heavy (non-hydrogen) atoms. The molecule has 0 aromatic heterocycles. The van der Waals surface area contributed by atoms with Crippen molar-refractivity contribution in [3.05, 3.63) is 29.8 Å². The summed E-state index contributed by atoms with van der Waals surface area (Å²) in [4.78, 5) is 15.2. The minimum absolute atomic E-state index is 0.205. The highest BCUT2D eigenvalue weighted by molar-refractivity contribution is 7.89. The molecule has 1 amide bonds. The van der Waals surface area contributed by atoms with Gasteiger partial charge in [0.15, 0.2) is 0 Å². The van der Waals surface area contributed by atoms with Crippen molar-refractivity contribution >= 4 is 15.9 Å². The number of carbonyl (C=O) groups is 1. The summed E-state index contributed by atoms with van der Waals surface area (Å²) >= 11 is 0. The van der Waals surface area contributed by atoms with Gasteiger partial charge in [0.25, 0.3) is 0 Å². The zero-order chi connectivity index (χ0) is 17.4. The van der Waals surface area contributed by atoms with Crippen LogP contribution in [0, 0.1) is 11.3 Å². The Morgan fingerprint density at radius 1 is 1.20 bits per heavy atom. The highest BCUT2D eigenvalue weighted by Crippen LogP contribution is 2.53. The van der Waals surface area contributed by atoms with Crippen molar-refractivity contribution < 1.29 is 13.2 Å². The Bertz CT molecular complexity index is 857. The Hall–Kier alpha value is -1.40. The first-order chi connectivity index (χ1) is 11.9. The van der Waals surface area contributed by atoms with Crippen LogP contribution in [0.15, 0.2) is 29.2 Å². The van der Waals surface area contributed by atoms with Crippen LogP contribution in [0.5, 0.6) is 0 Å². The predicted octanol–water partition coefficient (Wildman–Crippen LogP) is 2.33. The van der Waals surface area contributed by atoms with Gasteiger partial charge >= 0.3 is 0 Å². The fourth-order valence-corrected chi connectivity index (χ4v) is 6.68. The monoisotopic (exact) mass is 360 g/mol. The van der Waals surface area contributed by atoms with Crippen LogP contribution >= 0.6 is 0 Å². The molecule has 1 saturated heterocycles. The molecule has 0 unspecified atom stereocenters. The lowest BCUT2D eigenvalue weighted by Gasteiger charge is -2.34. The van der Waals surface area contributed by atoms with Gasteiger partial charge in [-0.25, -0.2) is 8.42 Å². The first-order valence-electron chi connectivity index (χ1n) is 9.29. The minimum Gasteiger partial charge on any atom is -0.340 e. The maximum absolute atomic E-state index is 13.2. The molecule has 5 nitrogen and oxygen atoms in total. The summed E-state index contributed by atoms with van der Waals surface area (Å²) in [6, 6.07) is 7.40. The molecule has 2 aliphatic heterocycles. The Morgan fingerprint density at radius 2 is 1.92 bits per heavy atom. The summed E-state index contributed by atoms with van der Waals surface area (Å²) in [7, 11) is -3.47. The van der Waals surface area contributed by atoms with Gasteiger partial charge in [0.2, 0.25) is 15.9 Å². The SMILES string of the molecule is CC1(C(=O)N2CC[C@@]3(C2)c2ccccc2S(=O)(=O)N3CC2CC2)CC1. The van der Waals surface area contributed by atoms with Crippen molar-refractivity contribution in [1.82, 2.24) is 9.21 Å². The third kappa shape index (κ3) is 2.16. The molecular weight excluding hydrogens is 336 g/mol. The molecule has 0 N–H and O–H groups in total. The van der Waals surface area contributed by atoms with Crippen LogP contribution in [0.1, 0.15) is 44.6 Å². The van der Waals surface area contributed by atoms with Gasteiger partial charge in [-0.2, -0.15) is 4.31 Å². The summed E-state index contributed by atoms with van der Waals surface area (Å²) in [6.45, 7) is 3.78. The smallest absolute Gasteiger partial charge is 0.244 e. The van der Waals surface area contributed by atoms with E-state index in [1.165, 1.54) is 0 Å². The predicted molar refractivity (Wildman–Crippen MR) is 93.3 cm³/mol. The van der Waals surface area contributed by atoms with Crippen LogP contribution < -0.4 is 0 Å². The molecule has 0 radical (unpaired) electrons. The van der Waals surface area contributed by atoms with Crippen LogP contribution in [0.25, 0.3) is 0 Å². The molecule has 5 rings (SSSR count). The number of fused-ring (bicyclic) bond motifs is 2. The van der Waals surface area contributed by atoms with E-state index in [1.54, 1.807) is 16.4 Å². The van der Waals surface area contributed by atoms with Gasteiger partial charge in [-0.05, 0) is 49.7 Å². The van der Waals surface area contributed by atoms with E-state index in [4.69, 9.17) is 0 Å². The fraction of sp³-hybridized carbons (Fsp3) is 0.632. The van der Waals surface area contributed by atoms with Crippen molar-refractivity contribution in [3.63, 3.8) is 0 Å². The van der Waals surface area contributed by atoms with Crippen LogP contribution in [0.3, 0.4) is 0 Å². The van der Waals surface area contributed by atoms with E-state index in [0.717, 1.165) is 31.2 Å². The maximum atomic E-state index is 13.2. The van der Waals surface area contributed by atoms with Crippen LogP contribution in [-0.4, -0.2) is 43.2 Å². The van der Waals surface area contributed by atoms with Gasteiger partial charge in [0.05, 0.1) is 10.4 Å². The molecule has 2 heterocycles. The summed E-state index contributed by atoms with van der Waals surface area (Å²) < 4.78 is 28.2. The van der Waals surface area contributed by atoms with E-state index in [9.17, 15) is 13.2 Å². The summed E-state index contributed by atoms with van der Waals surface area (Å²) in [5, 5.41) is 0. The second-order valence-electron chi connectivity index (χ2n) is 8.54.